The number of rotatable bonds is 3. The SMILES string of the molecule is COc1cccc2cc(C(=O)Nc3nc4ccc5ccccc5c4s3)oc12. The summed E-state index contributed by atoms with van der Waals surface area (Å²) in [7, 11) is 1.57. The number of amides is 1. The van der Waals surface area contributed by atoms with Crippen LogP contribution in [0.2, 0.25) is 0 Å². The zero-order chi connectivity index (χ0) is 18.4. The molecular formula is C21H14N2O3S. The van der Waals surface area contributed by atoms with Gasteiger partial charge in [0.05, 0.1) is 17.3 Å². The van der Waals surface area contributed by atoms with Crippen LogP contribution in [0.1, 0.15) is 10.6 Å². The number of furan rings is 1. The van der Waals surface area contributed by atoms with Crippen molar-refractivity contribution < 1.29 is 13.9 Å². The van der Waals surface area contributed by atoms with Crippen molar-refractivity contribution in [1.29, 1.82) is 0 Å². The fourth-order valence-electron chi connectivity index (χ4n) is 3.18. The Labute approximate surface area is 158 Å². The predicted molar refractivity (Wildman–Crippen MR) is 108 cm³/mol. The van der Waals surface area contributed by atoms with Gasteiger partial charge >= 0.3 is 0 Å². The van der Waals surface area contributed by atoms with Crippen molar-refractivity contribution >= 4 is 54.3 Å². The van der Waals surface area contributed by atoms with Crippen LogP contribution in [0.15, 0.2) is 65.1 Å². The van der Waals surface area contributed by atoms with Gasteiger partial charge in [-0.25, -0.2) is 4.98 Å². The monoisotopic (exact) mass is 374 g/mol. The van der Waals surface area contributed by atoms with Crippen LogP contribution in [0, 0.1) is 0 Å². The van der Waals surface area contributed by atoms with Crippen LogP contribution in [0.25, 0.3) is 32.0 Å². The van der Waals surface area contributed by atoms with Crippen LogP contribution in [0.4, 0.5) is 5.13 Å². The second kappa shape index (κ2) is 6.10. The lowest BCUT2D eigenvalue weighted by Gasteiger charge is -1.99. The quantitative estimate of drug-likeness (QED) is 0.456. The number of fused-ring (bicyclic) bond motifs is 4. The molecule has 3 aromatic carbocycles. The van der Waals surface area contributed by atoms with E-state index in [9.17, 15) is 4.79 Å². The fourth-order valence-corrected chi connectivity index (χ4v) is 4.17. The largest absolute Gasteiger partial charge is 0.493 e. The van der Waals surface area contributed by atoms with Crippen LogP contribution in [0.3, 0.4) is 0 Å². The molecule has 2 heterocycles. The lowest BCUT2D eigenvalue weighted by molar-refractivity contribution is 0.0998. The molecule has 132 valence electrons. The number of aromatic nitrogens is 1. The predicted octanol–water partition coefficient (Wildman–Crippen LogP) is 5.46. The average molecular weight is 374 g/mol. The van der Waals surface area contributed by atoms with E-state index in [0.717, 1.165) is 26.4 Å². The van der Waals surface area contributed by atoms with E-state index in [1.54, 1.807) is 19.2 Å². The molecule has 5 nitrogen and oxygen atoms in total. The molecule has 0 atom stereocenters. The highest BCUT2D eigenvalue weighted by Gasteiger charge is 2.17. The highest BCUT2D eigenvalue weighted by atomic mass is 32.1. The highest BCUT2D eigenvalue weighted by Crippen LogP contribution is 2.33. The molecular weight excluding hydrogens is 360 g/mol. The molecule has 2 aromatic heterocycles. The number of nitrogens with zero attached hydrogens (tertiary/aromatic N) is 1. The number of nitrogens with one attached hydrogen (secondary N) is 1. The maximum atomic E-state index is 12.6. The summed E-state index contributed by atoms with van der Waals surface area (Å²) in [4.78, 5) is 17.2. The summed E-state index contributed by atoms with van der Waals surface area (Å²) in [6.45, 7) is 0. The van der Waals surface area contributed by atoms with Crippen molar-refractivity contribution in [2.75, 3.05) is 12.4 Å². The lowest BCUT2D eigenvalue weighted by atomic mass is 10.1. The Kier molecular flexibility index (Phi) is 3.58. The van der Waals surface area contributed by atoms with Gasteiger partial charge in [0.1, 0.15) is 0 Å². The molecule has 1 amide bonds. The first-order valence-electron chi connectivity index (χ1n) is 8.39. The topological polar surface area (TPSA) is 64.4 Å². The molecule has 0 radical (unpaired) electrons. The molecule has 0 aliphatic heterocycles. The number of benzene rings is 3. The standard InChI is InChI=1S/C21H14N2O3S/c1-25-16-8-4-6-13-11-17(26-18(13)16)20(24)23-21-22-15-10-9-12-5-2-3-7-14(12)19(15)27-21/h2-11H,1H3,(H,22,23,24). The summed E-state index contributed by atoms with van der Waals surface area (Å²) < 4.78 is 12.0. The van der Waals surface area contributed by atoms with Gasteiger partial charge in [0.2, 0.25) is 0 Å². The van der Waals surface area contributed by atoms with Crippen LogP contribution in [-0.4, -0.2) is 18.0 Å². The number of ether oxygens (including phenoxy) is 1. The van der Waals surface area contributed by atoms with Crippen molar-refractivity contribution in [1.82, 2.24) is 4.98 Å². The van der Waals surface area contributed by atoms with Gasteiger partial charge in [0.25, 0.3) is 5.91 Å². The van der Waals surface area contributed by atoms with Crippen LogP contribution in [0.5, 0.6) is 5.75 Å². The first kappa shape index (κ1) is 15.8. The number of hydrogen-bond donors (Lipinski definition) is 1. The second-order valence-electron chi connectivity index (χ2n) is 6.10. The number of hydrogen-bond acceptors (Lipinski definition) is 5. The molecule has 0 unspecified atom stereocenters. The van der Waals surface area contributed by atoms with Crippen molar-refractivity contribution in [3.05, 3.63) is 66.4 Å². The van der Waals surface area contributed by atoms with Gasteiger partial charge < -0.3 is 9.15 Å². The first-order chi connectivity index (χ1) is 13.2. The van der Waals surface area contributed by atoms with Gasteiger partial charge in [-0.15, -0.1) is 0 Å². The van der Waals surface area contributed by atoms with Crippen molar-refractivity contribution in [2.24, 2.45) is 0 Å². The molecule has 0 fully saturated rings. The number of carbonyl (C=O) groups is 1. The Balaban J connectivity index is 1.51. The lowest BCUT2D eigenvalue weighted by Crippen LogP contribution is -2.10. The average Bonchev–Trinajstić information content (AvgIpc) is 3.31. The molecule has 0 spiro atoms. The second-order valence-corrected chi connectivity index (χ2v) is 7.10. The van der Waals surface area contributed by atoms with E-state index in [0.29, 0.717) is 16.5 Å². The van der Waals surface area contributed by atoms with E-state index in [1.807, 2.05) is 36.4 Å². The summed E-state index contributed by atoms with van der Waals surface area (Å²) >= 11 is 1.45. The first-order valence-corrected chi connectivity index (χ1v) is 9.21. The number of carbonyl (C=O) groups excluding carboxylic acids is 1. The van der Waals surface area contributed by atoms with Gasteiger partial charge in [-0.3, -0.25) is 10.1 Å². The minimum atomic E-state index is -0.336. The Morgan fingerprint density at radius 1 is 1.07 bits per heavy atom. The molecule has 5 rings (SSSR count). The third kappa shape index (κ3) is 2.62. The molecule has 0 aliphatic carbocycles. The minimum absolute atomic E-state index is 0.221. The molecule has 27 heavy (non-hydrogen) atoms. The number of anilines is 1. The maximum absolute atomic E-state index is 12.6. The van der Waals surface area contributed by atoms with Gasteiger partial charge in [-0.1, -0.05) is 53.8 Å². The van der Waals surface area contributed by atoms with Gasteiger partial charge in [-0.05, 0) is 23.6 Å². The van der Waals surface area contributed by atoms with Crippen molar-refractivity contribution in [3.8, 4) is 5.75 Å². The summed E-state index contributed by atoms with van der Waals surface area (Å²) in [5.74, 6) is 0.480. The molecule has 0 saturated carbocycles. The zero-order valence-corrected chi connectivity index (χ0v) is 15.2. The van der Waals surface area contributed by atoms with Crippen molar-refractivity contribution in [2.45, 2.75) is 0 Å². The highest BCUT2D eigenvalue weighted by molar-refractivity contribution is 7.23. The molecule has 0 aliphatic rings. The Bertz CT molecular complexity index is 1320. The Hall–Kier alpha value is -3.38. The zero-order valence-electron chi connectivity index (χ0n) is 14.4. The number of thiazole rings is 1. The molecule has 1 N–H and O–H groups in total. The number of methoxy groups -OCH3 is 1. The van der Waals surface area contributed by atoms with Gasteiger partial charge in [0.15, 0.2) is 22.2 Å². The van der Waals surface area contributed by atoms with Gasteiger partial charge in [-0.2, -0.15) is 0 Å². The summed E-state index contributed by atoms with van der Waals surface area (Å²) in [5, 5.41) is 6.48. The Morgan fingerprint density at radius 3 is 2.81 bits per heavy atom. The van der Waals surface area contributed by atoms with E-state index >= 15 is 0 Å². The molecule has 5 aromatic rings. The van der Waals surface area contributed by atoms with Gasteiger partial charge in [0, 0.05) is 10.8 Å². The molecule has 0 saturated heterocycles. The Morgan fingerprint density at radius 2 is 1.93 bits per heavy atom. The summed E-state index contributed by atoms with van der Waals surface area (Å²) in [6, 6.07) is 19.4. The van der Waals surface area contributed by atoms with Crippen LogP contribution < -0.4 is 10.1 Å². The summed E-state index contributed by atoms with van der Waals surface area (Å²) in [6.07, 6.45) is 0. The smallest absolute Gasteiger partial charge is 0.293 e. The fraction of sp³-hybridized carbons (Fsp3) is 0.0476. The summed E-state index contributed by atoms with van der Waals surface area (Å²) in [5.41, 5.74) is 1.42. The number of para-hydroxylation sites is 1. The van der Waals surface area contributed by atoms with E-state index in [2.05, 4.69) is 22.4 Å². The molecule has 0 bridgehead atoms. The van der Waals surface area contributed by atoms with Crippen LogP contribution >= 0.6 is 11.3 Å². The van der Waals surface area contributed by atoms with E-state index < -0.39 is 0 Å². The minimum Gasteiger partial charge on any atom is -0.493 e. The van der Waals surface area contributed by atoms with E-state index in [-0.39, 0.29) is 11.7 Å². The third-order valence-electron chi connectivity index (χ3n) is 4.45. The normalized spacial score (nSPS) is 11.3. The van der Waals surface area contributed by atoms with E-state index in [4.69, 9.17) is 9.15 Å². The van der Waals surface area contributed by atoms with E-state index in [1.165, 1.54) is 11.3 Å². The van der Waals surface area contributed by atoms with Crippen LogP contribution in [-0.2, 0) is 0 Å². The third-order valence-corrected chi connectivity index (χ3v) is 5.47. The van der Waals surface area contributed by atoms with Crippen molar-refractivity contribution in [3.63, 3.8) is 0 Å². The maximum Gasteiger partial charge on any atom is 0.293 e. The molecule has 6 heteroatoms.